The molecule has 21 heavy (non-hydrogen) atoms. The second-order valence-electron chi connectivity index (χ2n) is 5.89. The zero-order chi connectivity index (χ0) is 15.1. The highest BCUT2D eigenvalue weighted by atomic mass is 16.6. The van der Waals surface area contributed by atoms with Crippen molar-refractivity contribution >= 4 is 5.69 Å². The molecule has 0 aromatic heterocycles. The predicted molar refractivity (Wildman–Crippen MR) is 84.6 cm³/mol. The number of benzene rings is 1. The summed E-state index contributed by atoms with van der Waals surface area (Å²) in [6, 6.07) is 7.32. The van der Waals surface area contributed by atoms with E-state index in [2.05, 4.69) is 17.1 Å². The summed E-state index contributed by atoms with van der Waals surface area (Å²) in [4.78, 5) is 12.8. The van der Waals surface area contributed by atoms with E-state index in [0.29, 0.717) is 6.04 Å². The molecule has 5 nitrogen and oxygen atoms in total. The van der Waals surface area contributed by atoms with Crippen LogP contribution in [0.1, 0.15) is 31.7 Å². The van der Waals surface area contributed by atoms with Gasteiger partial charge in [-0.2, -0.15) is 0 Å². The van der Waals surface area contributed by atoms with Crippen molar-refractivity contribution in [3.8, 4) is 0 Å². The molecule has 1 aromatic rings. The molecule has 0 saturated carbocycles. The van der Waals surface area contributed by atoms with E-state index in [9.17, 15) is 10.1 Å². The summed E-state index contributed by atoms with van der Waals surface area (Å²) in [6.07, 6.45) is 4.94. The zero-order valence-electron chi connectivity index (χ0n) is 12.8. The predicted octanol–water partition coefficient (Wildman–Crippen LogP) is 2.60. The lowest BCUT2D eigenvalue weighted by Crippen LogP contribution is -2.42. The summed E-state index contributed by atoms with van der Waals surface area (Å²) in [5.41, 5.74) is 1.29. The Morgan fingerprint density at radius 1 is 1.24 bits per heavy atom. The number of piperidine rings is 1. The second-order valence-corrected chi connectivity index (χ2v) is 5.89. The number of hydrogen-bond acceptors (Lipinski definition) is 4. The zero-order valence-corrected chi connectivity index (χ0v) is 12.8. The maximum absolute atomic E-state index is 10.6. The number of nitrogens with one attached hydrogen (secondary N) is 1. The van der Waals surface area contributed by atoms with Crippen LogP contribution >= 0.6 is 0 Å². The van der Waals surface area contributed by atoms with Crippen molar-refractivity contribution < 1.29 is 4.92 Å². The Balaban J connectivity index is 1.67. The molecule has 0 amide bonds. The van der Waals surface area contributed by atoms with Crippen LogP contribution in [0.2, 0.25) is 0 Å². The van der Waals surface area contributed by atoms with Crippen LogP contribution in [0.15, 0.2) is 24.3 Å². The number of nitro benzene ring substituents is 1. The average molecular weight is 291 g/mol. The van der Waals surface area contributed by atoms with Gasteiger partial charge in [0.1, 0.15) is 0 Å². The van der Waals surface area contributed by atoms with Gasteiger partial charge >= 0.3 is 0 Å². The molecule has 1 N–H and O–H groups in total. The molecule has 5 heteroatoms. The van der Waals surface area contributed by atoms with Crippen molar-refractivity contribution in [2.45, 2.75) is 38.6 Å². The minimum Gasteiger partial charge on any atom is -0.313 e. The van der Waals surface area contributed by atoms with Gasteiger partial charge in [0.25, 0.3) is 5.69 Å². The van der Waals surface area contributed by atoms with Crippen molar-refractivity contribution in [2.24, 2.45) is 0 Å². The Morgan fingerprint density at radius 3 is 2.52 bits per heavy atom. The summed E-state index contributed by atoms with van der Waals surface area (Å²) in [7, 11) is 0. The quantitative estimate of drug-likeness (QED) is 0.619. The number of rotatable bonds is 7. The van der Waals surface area contributed by atoms with Gasteiger partial charge in [-0.3, -0.25) is 10.1 Å². The minimum atomic E-state index is -0.358. The van der Waals surface area contributed by atoms with Crippen molar-refractivity contribution in [3.05, 3.63) is 39.9 Å². The van der Waals surface area contributed by atoms with Gasteiger partial charge in [0.2, 0.25) is 0 Å². The van der Waals surface area contributed by atoms with Gasteiger partial charge in [-0.05, 0) is 51.4 Å². The van der Waals surface area contributed by atoms with E-state index in [1.54, 1.807) is 12.1 Å². The lowest BCUT2D eigenvalue weighted by Gasteiger charge is -2.29. The Morgan fingerprint density at radius 2 is 1.90 bits per heavy atom. The van der Waals surface area contributed by atoms with Crippen LogP contribution in [0.3, 0.4) is 0 Å². The topological polar surface area (TPSA) is 58.4 Å². The summed E-state index contributed by atoms with van der Waals surface area (Å²) in [6.45, 7) is 6.71. The third-order valence-electron chi connectivity index (χ3n) is 4.03. The molecule has 1 atom stereocenters. The van der Waals surface area contributed by atoms with Crippen LogP contribution in [-0.2, 0) is 6.42 Å². The monoisotopic (exact) mass is 291 g/mol. The summed E-state index contributed by atoms with van der Waals surface area (Å²) >= 11 is 0. The maximum Gasteiger partial charge on any atom is 0.269 e. The van der Waals surface area contributed by atoms with E-state index in [-0.39, 0.29) is 10.6 Å². The van der Waals surface area contributed by atoms with Crippen LogP contribution in [-0.4, -0.2) is 42.0 Å². The van der Waals surface area contributed by atoms with E-state index < -0.39 is 0 Å². The Hall–Kier alpha value is -1.46. The molecule has 2 rings (SSSR count). The van der Waals surface area contributed by atoms with Gasteiger partial charge in [-0.25, -0.2) is 0 Å². The van der Waals surface area contributed by atoms with Crippen LogP contribution in [0.5, 0.6) is 0 Å². The van der Waals surface area contributed by atoms with Gasteiger partial charge in [-0.1, -0.05) is 18.6 Å². The molecule has 1 unspecified atom stereocenters. The normalized spacial score (nSPS) is 17.6. The third kappa shape index (κ3) is 5.44. The third-order valence-corrected chi connectivity index (χ3v) is 4.03. The van der Waals surface area contributed by atoms with E-state index in [1.165, 1.54) is 32.4 Å². The molecular weight excluding hydrogens is 266 g/mol. The van der Waals surface area contributed by atoms with Gasteiger partial charge < -0.3 is 10.2 Å². The first-order valence-corrected chi connectivity index (χ1v) is 7.84. The first-order chi connectivity index (χ1) is 10.1. The number of non-ortho nitro benzene ring substituents is 1. The Kier molecular flexibility index (Phi) is 6.14. The highest BCUT2D eigenvalue weighted by molar-refractivity contribution is 5.32. The lowest BCUT2D eigenvalue weighted by molar-refractivity contribution is -0.384. The standard InChI is InChI=1S/C16H25N3O2/c1-14(13-18-11-3-2-4-12-18)17-10-9-15-5-7-16(8-6-15)19(20)21/h5-8,14,17H,2-4,9-13H2,1H3. The smallest absolute Gasteiger partial charge is 0.269 e. The number of hydrogen-bond donors (Lipinski definition) is 1. The molecule has 1 aromatic carbocycles. The first kappa shape index (κ1) is 15.9. The van der Waals surface area contributed by atoms with E-state index in [0.717, 1.165) is 25.1 Å². The lowest BCUT2D eigenvalue weighted by atomic mass is 10.1. The van der Waals surface area contributed by atoms with E-state index in [1.807, 2.05) is 12.1 Å². The Labute approximate surface area is 126 Å². The summed E-state index contributed by atoms with van der Waals surface area (Å²) < 4.78 is 0. The molecule has 1 aliphatic rings. The number of nitro groups is 1. The van der Waals surface area contributed by atoms with Crippen molar-refractivity contribution in [1.82, 2.24) is 10.2 Å². The minimum absolute atomic E-state index is 0.158. The summed E-state index contributed by atoms with van der Waals surface area (Å²) in [5, 5.41) is 14.1. The van der Waals surface area contributed by atoms with Crippen molar-refractivity contribution in [1.29, 1.82) is 0 Å². The molecule has 1 aliphatic heterocycles. The molecule has 0 spiro atoms. The molecule has 1 saturated heterocycles. The number of likely N-dealkylation sites (tertiary alicyclic amines) is 1. The van der Waals surface area contributed by atoms with Gasteiger partial charge in [0.05, 0.1) is 4.92 Å². The van der Waals surface area contributed by atoms with Crippen LogP contribution in [0.25, 0.3) is 0 Å². The fraction of sp³-hybridized carbons (Fsp3) is 0.625. The van der Waals surface area contributed by atoms with Crippen molar-refractivity contribution in [2.75, 3.05) is 26.2 Å². The average Bonchev–Trinajstić information content (AvgIpc) is 2.49. The van der Waals surface area contributed by atoms with Crippen LogP contribution in [0, 0.1) is 10.1 Å². The molecule has 116 valence electrons. The van der Waals surface area contributed by atoms with E-state index in [4.69, 9.17) is 0 Å². The molecule has 0 radical (unpaired) electrons. The van der Waals surface area contributed by atoms with Gasteiger partial charge in [0, 0.05) is 24.7 Å². The van der Waals surface area contributed by atoms with Crippen LogP contribution in [0.4, 0.5) is 5.69 Å². The highest BCUT2D eigenvalue weighted by Crippen LogP contribution is 2.12. The largest absolute Gasteiger partial charge is 0.313 e. The van der Waals surface area contributed by atoms with Gasteiger partial charge in [0.15, 0.2) is 0 Å². The molecule has 1 heterocycles. The maximum atomic E-state index is 10.6. The molecule has 0 bridgehead atoms. The Bertz CT molecular complexity index is 441. The highest BCUT2D eigenvalue weighted by Gasteiger charge is 2.12. The molecule has 1 fully saturated rings. The van der Waals surface area contributed by atoms with E-state index >= 15 is 0 Å². The first-order valence-electron chi connectivity index (χ1n) is 7.84. The van der Waals surface area contributed by atoms with Gasteiger partial charge in [-0.15, -0.1) is 0 Å². The second kappa shape index (κ2) is 8.10. The fourth-order valence-corrected chi connectivity index (χ4v) is 2.84. The molecule has 0 aliphatic carbocycles. The molecular formula is C16H25N3O2. The number of nitrogens with zero attached hydrogens (tertiary/aromatic N) is 2. The van der Waals surface area contributed by atoms with Crippen molar-refractivity contribution in [3.63, 3.8) is 0 Å². The SMILES string of the molecule is CC(CN1CCCCC1)NCCc1ccc([N+](=O)[O-])cc1. The summed E-state index contributed by atoms with van der Waals surface area (Å²) in [5.74, 6) is 0. The van der Waals surface area contributed by atoms with Crippen LogP contribution < -0.4 is 5.32 Å². The fourth-order valence-electron chi connectivity index (χ4n) is 2.84.